The second-order valence-electron chi connectivity index (χ2n) is 8.06. The minimum atomic E-state index is -0.527. The number of carbonyl (C=O) groups is 2. The van der Waals surface area contributed by atoms with Crippen LogP contribution in [0.15, 0.2) is 0 Å². The van der Waals surface area contributed by atoms with Crippen molar-refractivity contribution in [3.05, 3.63) is 0 Å². The molecular formula is C17H28N2O3. The maximum Gasteiger partial charge on any atom is 0.266 e. The van der Waals surface area contributed by atoms with Crippen LogP contribution in [0.2, 0.25) is 0 Å². The summed E-state index contributed by atoms with van der Waals surface area (Å²) in [4.78, 5) is 29.8. The summed E-state index contributed by atoms with van der Waals surface area (Å²) >= 11 is 0. The van der Waals surface area contributed by atoms with Crippen LogP contribution >= 0.6 is 0 Å². The van der Waals surface area contributed by atoms with Crippen molar-refractivity contribution in [3.8, 4) is 0 Å². The van der Waals surface area contributed by atoms with Crippen LogP contribution in [0.4, 0.5) is 0 Å². The van der Waals surface area contributed by atoms with Gasteiger partial charge >= 0.3 is 0 Å². The number of nitrogens with one attached hydrogen (secondary N) is 2. The number of amides is 2. The van der Waals surface area contributed by atoms with Gasteiger partial charge in [-0.1, -0.05) is 13.8 Å². The summed E-state index contributed by atoms with van der Waals surface area (Å²) in [6, 6.07) is -0.527. The summed E-state index contributed by atoms with van der Waals surface area (Å²) < 4.78 is 0. The zero-order valence-electron chi connectivity index (χ0n) is 13.9. The van der Waals surface area contributed by atoms with Gasteiger partial charge in [0.1, 0.15) is 6.04 Å². The van der Waals surface area contributed by atoms with E-state index in [9.17, 15) is 9.59 Å². The van der Waals surface area contributed by atoms with Gasteiger partial charge in [0.05, 0.1) is 7.11 Å². The van der Waals surface area contributed by atoms with E-state index in [1.807, 2.05) is 13.8 Å². The summed E-state index contributed by atoms with van der Waals surface area (Å²) in [6.07, 6.45) is 6.98. The van der Waals surface area contributed by atoms with Crippen molar-refractivity contribution in [3.63, 3.8) is 0 Å². The van der Waals surface area contributed by atoms with Crippen LogP contribution < -0.4 is 10.8 Å². The molecule has 2 amide bonds. The second-order valence-corrected chi connectivity index (χ2v) is 8.06. The molecule has 4 bridgehead atoms. The first kappa shape index (κ1) is 15.8. The van der Waals surface area contributed by atoms with Gasteiger partial charge in [0.2, 0.25) is 5.91 Å². The second kappa shape index (κ2) is 5.84. The quantitative estimate of drug-likeness (QED) is 0.764. The highest BCUT2D eigenvalue weighted by Gasteiger charge is 2.55. The van der Waals surface area contributed by atoms with Crippen LogP contribution in [-0.2, 0) is 14.4 Å². The molecule has 22 heavy (non-hydrogen) atoms. The summed E-state index contributed by atoms with van der Waals surface area (Å²) in [5.74, 6) is 2.03. The SMILES string of the molecule is CONC(=O)C(NC(=O)C12CC3CC(CC(C3)C1)C2)C(C)C. The van der Waals surface area contributed by atoms with E-state index < -0.39 is 6.04 Å². The van der Waals surface area contributed by atoms with Gasteiger partial charge in [0, 0.05) is 5.41 Å². The summed E-state index contributed by atoms with van der Waals surface area (Å²) in [5, 5.41) is 3.03. The molecule has 4 fully saturated rings. The fourth-order valence-electron chi connectivity index (χ4n) is 5.38. The molecule has 124 valence electrons. The third-order valence-electron chi connectivity index (χ3n) is 5.96. The van der Waals surface area contributed by atoms with Crippen molar-refractivity contribution >= 4 is 11.8 Å². The van der Waals surface area contributed by atoms with Gasteiger partial charge in [-0.3, -0.25) is 14.4 Å². The van der Waals surface area contributed by atoms with Gasteiger partial charge in [0.25, 0.3) is 5.91 Å². The lowest BCUT2D eigenvalue weighted by molar-refractivity contribution is -0.150. The smallest absolute Gasteiger partial charge is 0.266 e. The molecule has 4 rings (SSSR count). The zero-order chi connectivity index (χ0) is 15.9. The van der Waals surface area contributed by atoms with Crippen LogP contribution in [0.1, 0.15) is 52.4 Å². The fourth-order valence-corrected chi connectivity index (χ4v) is 5.38. The Kier molecular flexibility index (Phi) is 4.19. The molecule has 0 heterocycles. The Balaban J connectivity index is 1.71. The van der Waals surface area contributed by atoms with E-state index in [0.29, 0.717) is 0 Å². The lowest BCUT2D eigenvalue weighted by Crippen LogP contribution is -2.58. The highest BCUT2D eigenvalue weighted by molar-refractivity contribution is 5.90. The first-order chi connectivity index (χ1) is 10.4. The van der Waals surface area contributed by atoms with Crippen molar-refractivity contribution in [2.45, 2.75) is 58.4 Å². The molecule has 4 aliphatic rings. The molecular weight excluding hydrogens is 280 g/mol. The van der Waals surface area contributed by atoms with E-state index >= 15 is 0 Å². The Morgan fingerprint density at radius 1 is 1.05 bits per heavy atom. The average molecular weight is 308 g/mol. The molecule has 1 atom stereocenters. The van der Waals surface area contributed by atoms with Gasteiger partial charge in [0.15, 0.2) is 0 Å². The van der Waals surface area contributed by atoms with E-state index in [-0.39, 0.29) is 23.1 Å². The molecule has 4 saturated carbocycles. The van der Waals surface area contributed by atoms with Crippen molar-refractivity contribution in [1.82, 2.24) is 10.8 Å². The Bertz CT molecular complexity index is 426. The molecule has 0 radical (unpaired) electrons. The standard InChI is InChI=1S/C17H28N2O3/c1-10(2)14(15(20)19-22-3)18-16(21)17-7-11-4-12(8-17)6-13(5-11)9-17/h10-14H,4-9H2,1-3H3,(H,18,21)(H,19,20). The Labute approximate surface area is 132 Å². The topological polar surface area (TPSA) is 67.4 Å². The molecule has 0 aliphatic heterocycles. The van der Waals surface area contributed by atoms with E-state index in [2.05, 4.69) is 10.8 Å². The average Bonchev–Trinajstić information content (AvgIpc) is 2.42. The maximum atomic E-state index is 13.0. The molecule has 5 nitrogen and oxygen atoms in total. The number of hydroxylamine groups is 1. The Morgan fingerprint density at radius 2 is 1.55 bits per heavy atom. The molecule has 5 heteroatoms. The van der Waals surface area contributed by atoms with Crippen LogP contribution in [0.25, 0.3) is 0 Å². The summed E-state index contributed by atoms with van der Waals surface area (Å²) in [5.41, 5.74) is 2.14. The highest BCUT2D eigenvalue weighted by Crippen LogP contribution is 2.60. The zero-order valence-corrected chi connectivity index (χ0v) is 13.9. The monoisotopic (exact) mass is 308 g/mol. The van der Waals surface area contributed by atoms with Crippen molar-refractivity contribution in [1.29, 1.82) is 0 Å². The van der Waals surface area contributed by atoms with E-state index in [1.54, 1.807) is 0 Å². The molecule has 0 saturated heterocycles. The third kappa shape index (κ3) is 2.75. The first-order valence-corrected chi connectivity index (χ1v) is 8.57. The van der Waals surface area contributed by atoms with Crippen LogP contribution in [-0.4, -0.2) is 25.0 Å². The van der Waals surface area contributed by atoms with Crippen molar-refractivity contribution in [2.75, 3.05) is 7.11 Å². The Morgan fingerprint density at radius 3 is 1.95 bits per heavy atom. The highest BCUT2D eigenvalue weighted by atomic mass is 16.6. The van der Waals surface area contributed by atoms with Crippen molar-refractivity contribution < 1.29 is 14.4 Å². The van der Waals surface area contributed by atoms with Crippen LogP contribution in [0.3, 0.4) is 0 Å². The molecule has 0 aromatic heterocycles. The van der Waals surface area contributed by atoms with Crippen LogP contribution in [0, 0.1) is 29.1 Å². The molecule has 2 N–H and O–H groups in total. The van der Waals surface area contributed by atoms with E-state index in [1.165, 1.54) is 26.4 Å². The molecule has 0 spiro atoms. The summed E-state index contributed by atoms with van der Waals surface area (Å²) in [6.45, 7) is 3.89. The van der Waals surface area contributed by atoms with Crippen molar-refractivity contribution in [2.24, 2.45) is 29.1 Å². The molecule has 1 unspecified atom stereocenters. The lowest BCUT2D eigenvalue weighted by atomic mass is 9.49. The fraction of sp³-hybridized carbons (Fsp3) is 0.882. The van der Waals surface area contributed by atoms with Gasteiger partial charge in [-0.25, -0.2) is 5.48 Å². The lowest BCUT2D eigenvalue weighted by Gasteiger charge is -2.55. The van der Waals surface area contributed by atoms with E-state index in [4.69, 9.17) is 4.84 Å². The predicted molar refractivity (Wildman–Crippen MR) is 82.5 cm³/mol. The van der Waals surface area contributed by atoms with Gasteiger partial charge in [-0.15, -0.1) is 0 Å². The van der Waals surface area contributed by atoms with Gasteiger partial charge in [-0.05, 0) is 62.2 Å². The summed E-state index contributed by atoms with van der Waals surface area (Å²) in [7, 11) is 1.41. The predicted octanol–water partition coefficient (Wildman–Crippen LogP) is 2.02. The minimum absolute atomic E-state index is 0.0352. The number of rotatable bonds is 5. The third-order valence-corrected chi connectivity index (χ3v) is 5.96. The minimum Gasteiger partial charge on any atom is -0.343 e. The number of carbonyl (C=O) groups excluding carboxylic acids is 2. The van der Waals surface area contributed by atoms with Gasteiger partial charge in [-0.2, -0.15) is 0 Å². The first-order valence-electron chi connectivity index (χ1n) is 8.57. The van der Waals surface area contributed by atoms with E-state index in [0.717, 1.165) is 37.0 Å². The largest absolute Gasteiger partial charge is 0.343 e. The van der Waals surface area contributed by atoms with Crippen LogP contribution in [0.5, 0.6) is 0 Å². The molecule has 4 aliphatic carbocycles. The molecule has 0 aromatic rings. The maximum absolute atomic E-state index is 13.0. The normalized spacial score (nSPS) is 37.2. The van der Waals surface area contributed by atoms with Gasteiger partial charge < -0.3 is 5.32 Å². The number of hydrogen-bond donors (Lipinski definition) is 2. The Hall–Kier alpha value is -1.10. The molecule has 0 aromatic carbocycles. The number of hydrogen-bond acceptors (Lipinski definition) is 3.